The van der Waals surface area contributed by atoms with Crippen molar-refractivity contribution in [1.29, 1.82) is 0 Å². The van der Waals surface area contributed by atoms with Crippen molar-refractivity contribution < 1.29 is 18.7 Å². The number of carbonyl (C=O) groups is 1. The third-order valence-corrected chi connectivity index (χ3v) is 3.15. The van der Waals surface area contributed by atoms with Gasteiger partial charge in [0.05, 0.1) is 19.8 Å². The molecule has 1 aromatic heterocycles. The van der Waals surface area contributed by atoms with E-state index in [1.807, 2.05) is 24.3 Å². The number of hydrogen-bond donors (Lipinski definition) is 0. The molecule has 0 saturated carbocycles. The molecule has 0 aliphatic heterocycles. The van der Waals surface area contributed by atoms with E-state index in [9.17, 15) is 4.79 Å². The van der Waals surface area contributed by atoms with Crippen LogP contribution in [-0.2, 0) is 4.74 Å². The van der Waals surface area contributed by atoms with Crippen molar-refractivity contribution in [1.82, 2.24) is 4.98 Å². The minimum Gasteiger partial charge on any atom is -0.497 e. The van der Waals surface area contributed by atoms with E-state index in [2.05, 4.69) is 9.72 Å². The van der Waals surface area contributed by atoms with Crippen LogP contribution in [0, 0.1) is 0 Å². The van der Waals surface area contributed by atoms with Crippen molar-refractivity contribution in [2.45, 2.75) is 0 Å². The summed E-state index contributed by atoms with van der Waals surface area (Å²) in [6.45, 7) is 0. The molecule has 0 radical (unpaired) electrons. The van der Waals surface area contributed by atoms with Gasteiger partial charge in [-0.2, -0.15) is 0 Å². The Hall–Kier alpha value is -2.82. The van der Waals surface area contributed by atoms with E-state index < -0.39 is 5.97 Å². The van der Waals surface area contributed by atoms with Gasteiger partial charge in [-0.3, -0.25) is 0 Å². The predicted octanol–water partition coefficient (Wildman–Crippen LogP) is 3.29. The van der Waals surface area contributed by atoms with Crippen LogP contribution in [0.15, 0.2) is 46.9 Å². The van der Waals surface area contributed by atoms with Crippen LogP contribution >= 0.6 is 0 Å². The van der Waals surface area contributed by atoms with Crippen molar-refractivity contribution in [2.75, 3.05) is 14.2 Å². The molecule has 0 unspecified atom stereocenters. The van der Waals surface area contributed by atoms with E-state index >= 15 is 0 Å². The second-order valence-corrected chi connectivity index (χ2v) is 4.42. The summed E-state index contributed by atoms with van der Waals surface area (Å²) in [7, 11) is 2.96. The maximum Gasteiger partial charge on any atom is 0.337 e. The van der Waals surface area contributed by atoms with Gasteiger partial charge < -0.3 is 13.9 Å². The van der Waals surface area contributed by atoms with Crippen LogP contribution in [0.3, 0.4) is 0 Å². The molecule has 5 heteroatoms. The van der Waals surface area contributed by atoms with Crippen molar-refractivity contribution in [3.8, 4) is 17.2 Å². The smallest absolute Gasteiger partial charge is 0.337 e. The number of carbonyl (C=O) groups excluding carboxylic acids is 1. The Labute approximate surface area is 121 Å². The van der Waals surface area contributed by atoms with Crippen molar-refractivity contribution in [3.05, 3.63) is 48.0 Å². The number of nitrogens with zero attached hydrogens (tertiary/aromatic N) is 1. The first-order chi connectivity index (χ1) is 10.2. The lowest BCUT2D eigenvalue weighted by atomic mass is 10.2. The van der Waals surface area contributed by atoms with Crippen LogP contribution in [0.5, 0.6) is 5.75 Å². The van der Waals surface area contributed by atoms with Gasteiger partial charge in [-0.05, 0) is 42.5 Å². The number of methoxy groups -OCH3 is 2. The largest absolute Gasteiger partial charge is 0.497 e. The average Bonchev–Trinajstić information content (AvgIpc) is 2.97. The highest BCUT2D eigenvalue weighted by Crippen LogP contribution is 2.26. The third kappa shape index (κ3) is 2.45. The van der Waals surface area contributed by atoms with Gasteiger partial charge in [-0.1, -0.05) is 0 Å². The molecule has 0 saturated heterocycles. The lowest BCUT2D eigenvalue weighted by molar-refractivity contribution is 0.0601. The van der Waals surface area contributed by atoms with Gasteiger partial charge in [0.25, 0.3) is 0 Å². The normalized spacial score (nSPS) is 10.6. The topological polar surface area (TPSA) is 61.6 Å². The summed E-state index contributed by atoms with van der Waals surface area (Å²) in [4.78, 5) is 15.9. The molecule has 0 fully saturated rings. The summed E-state index contributed by atoms with van der Waals surface area (Å²) in [5.41, 5.74) is 2.51. The maximum atomic E-state index is 11.5. The van der Waals surface area contributed by atoms with E-state index in [1.165, 1.54) is 7.11 Å². The quantitative estimate of drug-likeness (QED) is 0.690. The Morgan fingerprint density at radius 3 is 2.52 bits per heavy atom. The van der Waals surface area contributed by atoms with Crippen LogP contribution in [-0.4, -0.2) is 25.2 Å². The molecule has 1 heterocycles. The zero-order chi connectivity index (χ0) is 14.8. The molecule has 0 spiro atoms. The Morgan fingerprint density at radius 1 is 1.10 bits per heavy atom. The standard InChI is InChI=1S/C16H13NO4/c1-19-12-6-3-10(4-7-12)15-17-13-8-5-11(16(18)20-2)9-14(13)21-15/h3-9H,1-2H3. The molecule has 3 rings (SSSR count). The molecule has 2 aromatic carbocycles. The van der Waals surface area contributed by atoms with Gasteiger partial charge >= 0.3 is 5.97 Å². The highest BCUT2D eigenvalue weighted by atomic mass is 16.5. The Morgan fingerprint density at radius 2 is 1.86 bits per heavy atom. The van der Waals surface area contributed by atoms with Gasteiger partial charge in [-0.25, -0.2) is 9.78 Å². The minimum absolute atomic E-state index is 0.403. The highest BCUT2D eigenvalue weighted by molar-refractivity contribution is 5.93. The summed E-state index contributed by atoms with van der Waals surface area (Å²) in [5.74, 6) is 0.858. The average molecular weight is 283 g/mol. The molecule has 0 aliphatic rings. The van der Waals surface area contributed by atoms with Gasteiger partial charge in [0.2, 0.25) is 5.89 Å². The van der Waals surface area contributed by atoms with E-state index in [0.29, 0.717) is 22.6 Å². The molecule has 106 valence electrons. The Kier molecular flexibility index (Phi) is 3.31. The molecule has 3 aromatic rings. The monoisotopic (exact) mass is 283 g/mol. The maximum absolute atomic E-state index is 11.5. The summed E-state index contributed by atoms with van der Waals surface area (Å²) < 4.78 is 15.5. The number of oxazole rings is 1. The fourth-order valence-electron chi connectivity index (χ4n) is 2.03. The number of esters is 1. The van der Waals surface area contributed by atoms with E-state index in [0.717, 1.165) is 11.3 Å². The van der Waals surface area contributed by atoms with E-state index in [-0.39, 0.29) is 0 Å². The lowest BCUT2D eigenvalue weighted by Gasteiger charge is -1.99. The first kappa shape index (κ1) is 13.2. The molecule has 0 N–H and O–H groups in total. The van der Waals surface area contributed by atoms with E-state index in [4.69, 9.17) is 9.15 Å². The van der Waals surface area contributed by atoms with Crippen molar-refractivity contribution >= 4 is 17.1 Å². The van der Waals surface area contributed by atoms with Crippen molar-refractivity contribution in [2.24, 2.45) is 0 Å². The summed E-state index contributed by atoms with van der Waals surface area (Å²) in [6.07, 6.45) is 0. The number of aromatic nitrogens is 1. The summed E-state index contributed by atoms with van der Waals surface area (Å²) in [6, 6.07) is 12.4. The molecule has 0 atom stereocenters. The van der Waals surface area contributed by atoms with Gasteiger partial charge in [0, 0.05) is 5.56 Å². The number of ether oxygens (including phenoxy) is 2. The van der Waals surface area contributed by atoms with E-state index in [1.54, 1.807) is 25.3 Å². The number of hydrogen-bond acceptors (Lipinski definition) is 5. The zero-order valence-electron chi connectivity index (χ0n) is 11.6. The Bertz CT molecular complexity index is 790. The summed E-state index contributed by atoms with van der Waals surface area (Å²) in [5, 5.41) is 0. The predicted molar refractivity (Wildman–Crippen MR) is 77.3 cm³/mol. The first-order valence-corrected chi connectivity index (χ1v) is 6.34. The summed E-state index contributed by atoms with van der Waals surface area (Å²) >= 11 is 0. The van der Waals surface area contributed by atoms with Crippen LogP contribution < -0.4 is 4.74 Å². The molecule has 0 aliphatic carbocycles. The first-order valence-electron chi connectivity index (χ1n) is 6.34. The fraction of sp³-hybridized carbons (Fsp3) is 0.125. The zero-order valence-corrected chi connectivity index (χ0v) is 11.6. The molecule has 0 bridgehead atoms. The third-order valence-electron chi connectivity index (χ3n) is 3.15. The molecular weight excluding hydrogens is 270 g/mol. The van der Waals surface area contributed by atoms with Crippen molar-refractivity contribution in [3.63, 3.8) is 0 Å². The number of benzene rings is 2. The lowest BCUT2D eigenvalue weighted by Crippen LogP contribution is -2.00. The van der Waals surface area contributed by atoms with Crippen LogP contribution in [0.25, 0.3) is 22.6 Å². The van der Waals surface area contributed by atoms with Crippen LogP contribution in [0.2, 0.25) is 0 Å². The SMILES string of the molecule is COC(=O)c1ccc2nc(-c3ccc(OC)cc3)oc2c1. The fourth-order valence-corrected chi connectivity index (χ4v) is 2.03. The molecule has 0 amide bonds. The second kappa shape index (κ2) is 5.28. The molecular formula is C16H13NO4. The molecule has 5 nitrogen and oxygen atoms in total. The number of rotatable bonds is 3. The minimum atomic E-state index is -0.403. The van der Waals surface area contributed by atoms with Gasteiger partial charge in [0.1, 0.15) is 11.3 Å². The number of fused-ring (bicyclic) bond motifs is 1. The van der Waals surface area contributed by atoms with Gasteiger partial charge in [0.15, 0.2) is 5.58 Å². The van der Waals surface area contributed by atoms with Crippen LogP contribution in [0.1, 0.15) is 10.4 Å². The Balaban J connectivity index is 2.01. The van der Waals surface area contributed by atoms with Gasteiger partial charge in [-0.15, -0.1) is 0 Å². The second-order valence-electron chi connectivity index (χ2n) is 4.42. The molecule has 21 heavy (non-hydrogen) atoms. The highest BCUT2D eigenvalue weighted by Gasteiger charge is 2.12. The van der Waals surface area contributed by atoms with Crippen LogP contribution in [0.4, 0.5) is 0 Å².